The zero-order chi connectivity index (χ0) is 14.8. The number of anilines is 1. The lowest BCUT2D eigenvalue weighted by molar-refractivity contribution is -0.137. The van der Waals surface area contributed by atoms with E-state index in [9.17, 15) is 18.0 Å². The van der Waals surface area contributed by atoms with Crippen molar-refractivity contribution in [1.82, 2.24) is 0 Å². The van der Waals surface area contributed by atoms with Gasteiger partial charge in [-0.05, 0) is 24.6 Å². The Morgan fingerprint density at radius 1 is 1.40 bits per heavy atom. The van der Waals surface area contributed by atoms with Crippen LogP contribution in [0.4, 0.5) is 18.9 Å². The van der Waals surface area contributed by atoms with E-state index in [4.69, 9.17) is 15.2 Å². The Morgan fingerprint density at radius 3 is 2.75 bits per heavy atom. The standard InChI is InChI=1S/C13H14F3NO3/c14-13(15,16)10-3-9(4-11(17)5-10)12(18)20-7-8-1-2-19-6-8/h3-5,8H,1-2,6-7,17H2. The number of ether oxygens (including phenoxy) is 2. The lowest BCUT2D eigenvalue weighted by atomic mass is 10.1. The smallest absolute Gasteiger partial charge is 0.416 e. The van der Waals surface area contributed by atoms with Crippen LogP contribution in [-0.2, 0) is 15.7 Å². The fourth-order valence-electron chi connectivity index (χ4n) is 1.92. The number of carbonyl (C=O) groups is 1. The molecule has 1 heterocycles. The second-order valence-corrected chi connectivity index (χ2v) is 4.67. The number of alkyl halides is 3. The van der Waals surface area contributed by atoms with Gasteiger partial charge in [0, 0.05) is 18.2 Å². The summed E-state index contributed by atoms with van der Waals surface area (Å²) in [4.78, 5) is 11.7. The van der Waals surface area contributed by atoms with Gasteiger partial charge in [0.15, 0.2) is 0 Å². The molecule has 2 rings (SSSR count). The number of carbonyl (C=O) groups excluding carboxylic acids is 1. The van der Waals surface area contributed by atoms with E-state index >= 15 is 0 Å². The predicted molar refractivity (Wildman–Crippen MR) is 65.1 cm³/mol. The molecule has 0 spiro atoms. The zero-order valence-corrected chi connectivity index (χ0v) is 10.6. The van der Waals surface area contributed by atoms with Gasteiger partial charge in [-0.15, -0.1) is 0 Å². The number of hydrogen-bond acceptors (Lipinski definition) is 4. The monoisotopic (exact) mass is 289 g/mol. The van der Waals surface area contributed by atoms with Gasteiger partial charge in [0.1, 0.15) is 0 Å². The van der Waals surface area contributed by atoms with Crippen molar-refractivity contribution in [3.63, 3.8) is 0 Å². The third-order valence-corrected chi connectivity index (χ3v) is 2.99. The molecule has 1 saturated heterocycles. The number of nitrogen functional groups attached to an aromatic ring is 1. The van der Waals surface area contributed by atoms with Crippen molar-refractivity contribution in [3.8, 4) is 0 Å². The Morgan fingerprint density at radius 2 is 2.15 bits per heavy atom. The number of esters is 1. The highest BCUT2D eigenvalue weighted by Crippen LogP contribution is 2.31. The molecule has 1 aliphatic rings. The van der Waals surface area contributed by atoms with Crippen molar-refractivity contribution >= 4 is 11.7 Å². The number of hydrogen-bond donors (Lipinski definition) is 1. The van der Waals surface area contributed by atoms with Gasteiger partial charge in [0.25, 0.3) is 0 Å². The highest BCUT2D eigenvalue weighted by atomic mass is 19.4. The first-order valence-electron chi connectivity index (χ1n) is 6.09. The van der Waals surface area contributed by atoms with Crippen LogP contribution in [0.2, 0.25) is 0 Å². The minimum absolute atomic E-state index is 0.0992. The molecule has 1 aromatic carbocycles. The van der Waals surface area contributed by atoms with Crippen LogP contribution in [0.1, 0.15) is 22.3 Å². The second kappa shape index (κ2) is 5.70. The summed E-state index contributed by atoms with van der Waals surface area (Å²) in [5, 5.41) is 0. The second-order valence-electron chi connectivity index (χ2n) is 4.67. The molecule has 0 saturated carbocycles. The maximum atomic E-state index is 12.6. The SMILES string of the molecule is Nc1cc(C(=O)OCC2CCOC2)cc(C(F)(F)F)c1. The van der Waals surface area contributed by atoms with Gasteiger partial charge >= 0.3 is 12.1 Å². The molecule has 20 heavy (non-hydrogen) atoms. The van der Waals surface area contributed by atoms with E-state index in [-0.39, 0.29) is 23.8 Å². The molecular weight excluding hydrogens is 275 g/mol. The third kappa shape index (κ3) is 3.63. The van der Waals surface area contributed by atoms with Gasteiger partial charge in [-0.25, -0.2) is 4.79 Å². The summed E-state index contributed by atoms with van der Waals surface area (Å²) >= 11 is 0. The van der Waals surface area contributed by atoms with Gasteiger partial charge in [-0.2, -0.15) is 13.2 Å². The minimum Gasteiger partial charge on any atom is -0.462 e. The van der Waals surface area contributed by atoms with Crippen LogP contribution in [0.5, 0.6) is 0 Å². The summed E-state index contributed by atoms with van der Waals surface area (Å²) in [6.07, 6.45) is -3.78. The first-order chi connectivity index (χ1) is 9.36. The Bertz CT molecular complexity index is 496. The molecule has 1 atom stereocenters. The fourth-order valence-corrected chi connectivity index (χ4v) is 1.92. The summed E-state index contributed by atoms with van der Waals surface area (Å²) in [6.45, 7) is 1.24. The largest absolute Gasteiger partial charge is 0.462 e. The molecule has 1 aromatic rings. The quantitative estimate of drug-likeness (QED) is 0.686. The predicted octanol–water partition coefficient (Wildman–Crippen LogP) is 2.48. The van der Waals surface area contributed by atoms with E-state index in [2.05, 4.69) is 0 Å². The van der Waals surface area contributed by atoms with E-state index in [0.717, 1.165) is 18.6 Å². The molecule has 2 N–H and O–H groups in total. The molecule has 1 fully saturated rings. The highest BCUT2D eigenvalue weighted by molar-refractivity contribution is 5.90. The van der Waals surface area contributed by atoms with Gasteiger partial charge in [0.2, 0.25) is 0 Å². The average Bonchev–Trinajstić information content (AvgIpc) is 2.87. The van der Waals surface area contributed by atoms with Gasteiger partial charge in [-0.1, -0.05) is 0 Å². The lowest BCUT2D eigenvalue weighted by Crippen LogP contribution is -2.15. The van der Waals surface area contributed by atoms with Crippen LogP contribution in [0.3, 0.4) is 0 Å². The van der Waals surface area contributed by atoms with E-state index in [1.54, 1.807) is 0 Å². The van der Waals surface area contributed by atoms with Crippen molar-refractivity contribution in [2.45, 2.75) is 12.6 Å². The number of nitrogens with two attached hydrogens (primary N) is 1. The molecular formula is C13H14F3NO3. The van der Waals surface area contributed by atoms with Gasteiger partial charge < -0.3 is 15.2 Å². The highest BCUT2D eigenvalue weighted by Gasteiger charge is 2.32. The molecule has 1 unspecified atom stereocenters. The number of halogens is 3. The molecule has 0 amide bonds. The van der Waals surface area contributed by atoms with Crippen LogP contribution in [-0.4, -0.2) is 25.8 Å². The Labute approximate surface area is 113 Å². The molecule has 4 nitrogen and oxygen atoms in total. The van der Waals surface area contributed by atoms with Crippen LogP contribution < -0.4 is 5.73 Å². The molecule has 0 aliphatic carbocycles. The lowest BCUT2D eigenvalue weighted by Gasteiger charge is -2.12. The summed E-state index contributed by atoms with van der Waals surface area (Å²) in [6, 6.07) is 2.69. The Kier molecular flexibility index (Phi) is 4.17. The molecule has 110 valence electrons. The summed E-state index contributed by atoms with van der Waals surface area (Å²) in [5.41, 5.74) is 4.09. The van der Waals surface area contributed by atoms with Crippen molar-refractivity contribution < 1.29 is 27.4 Å². The Hall–Kier alpha value is -1.76. The van der Waals surface area contributed by atoms with E-state index < -0.39 is 17.7 Å². The fraction of sp³-hybridized carbons (Fsp3) is 0.462. The zero-order valence-electron chi connectivity index (χ0n) is 10.6. The van der Waals surface area contributed by atoms with Crippen molar-refractivity contribution in [2.75, 3.05) is 25.6 Å². The molecule has 0 aromatic heterocycles. The van der Waals surface area contributed by atoms with E-state index in [1.807, 2.05) is 0 Å². The summed E-state index contributed by atoms with van der Waals surface area (Å²) in [5.74, 6) is -0.711. The molecule has 0 radical (unpaired) electrons. The Balaban J connectivity index is 2.07. The minimum atomic E-state index is -4.55. The summed E-state index contributed by atoms with van der Waals surface area (Å²) < 4.78 is 48.0. The number of rotatable bonds is 3. The van der Waals surface area contributed by atoms with Crippen LogP contribution in [0.25, 0.3) is 0 Å². The van der Waals surface area contributed by atoms with Crippen molar-refractivity contribution in [2.24, 2.45) is 5.92 Å². The molecule has 7 heteroatoms. The summed E-state index contributed by atoms with van der Waals surface area (Å²) in [7, 11) is 0. The first-order valence-corrected chi connectivity index (χ1v) is 6.09. The third-order valence-electron chi connectivity index (χ3n) is 2.99. The van der Waals surface area contributed by atoms with E-state index in [1.165, 1.54) is 6.07 Å². The molecule has 1 aliphatic heterocycles. The van der Waals surface area contributed by atoms with Crippen LogP contribution in [0.15, 0.2) is 18.2 Å². The average molecular weight is 289 g/mol. The first kappa shape index (κ1) is 14.6. The van der Waals surface area contributed by atoms with Gasteiger partial charge in [0.05, 0.1) is 24.3 Å². The van der Waals surface area contributed by atoms with E-state index in [0.29, 0.717) is 13.2 Å². The maximum Gasteiger partial charge on any atom is 0.416 e. The van der Waals surface area contributed by atoms with Crippen LogP contribution in [0, 0.1) is 5.92 Å². The van der Waals surface area contributed by atoms with Crippen molar-refractivity contribution in [3.05, 3.63) is 29.3 Å². The molecule has 0 bridgehead atoms. The van der Waals surface area contributed by atoms with Crippen molar-refractivity contribution in [1.29, 1.82) is 0 Å². The normalized spacial score (nSPS) is 19.1. The maximum absolute atomic E-state index is 12.6. The van der Waals surface area contributed by atoms with Crippen LogP contribution >= 0.6 is 0 Å². The number of benzene rings is 1. The van der Waals surface area contributed by atoms with Gasteiger partial charge in [-0.3, -0.25) is 0 Å². The topological polar surface area (TPSA) is 61.6 Å².